The van der Waals surface area contributed by atoms with Crippen LogP contribution in [0.5, 0.6) is 0 Å². The van der Waals surface area contributed by atoms with Crippen molar-refractivity contribution in [1.29, 1.82) is 0 Å². The Morgan fingerprint density at radius 1 is 1.71 bits per heavy atom. The van der Waals surface area contributed by atoms with E-state index in [-0.39, 0.29) is 5.91 Å². The van der Waals surface area contributed by atoms with Crippen molar-refractivity contribution >= 4 is 17.7 Å². The second-order valence-electron chi connectivity index (χ2n) is 3.86. The number of hydrogen-bond acceptors (Lipinski definition) is 3. The summed E-state index contributed by atoms with van der Waals surface area (Å²) in [4.78, 5) is 13.6. The summed E-state index contributed by atoms with van der Waals surface area (Å²) in [6, 6.07) is 0.365. The highest BCUT2D eigenvalue weighted by Crippen LogP contribution is 2.20. The smallest absolute Gasteiger partial charge is 0.223 e. The van der Waals surface area contributed by atoms with Crippen molar-refractivity contribution in [3.05, 3.63) is 0 Å². The molecule has 82 valence electrons. The van der Waals surface area contributed by atoms with Crippen LogP contribution in [-0.2, 0) is 4.79 Å². The molecule has 3 nitrogen and oxygen atoms in total. The first kappa shape index (κ1) is 11.9. The van der Waals surface area contributed by atoms with E-state index in [2.05, 4.69) is 13.8 Å². The van der Waals surface area contributed by atoms with Crippen molar-refractivity contribution in [3.8, 4) is 0 Å². The topological polar surface area (TPSA) is 46.3 Å². The number of nitrogens with two attached hydrogens (primary N) is 1. The molecule has 0 bridgehead atoms. The zero-order chi connectivity index (χ0) is 10.6. The average molecular weight is 216 g/mol. The van der Waals surface area contributed by atoms with Gasteiger partial charge in [0, 0.05) is 24.8 Å². The van der Waals surface area contributed by atoms with Crippen LogP contribution in [0, 0.1) is 5.92 Å². The van der Waals surface area contributed by atoms with Crippen molar-refractivity contribution < 1.29 is 4.79 Å². The van der Waals surface area contributed by atoms with E-state index in [0.717, 1.165) is 18.1 Å². The predicted octanol–water partition coefficient (Wildman–Crippen LogP) is 0.935. The largest absolute Gasteiger partial charge is 0.339 e. The number of carbonyl (C=O) groups is 1. The van der Waals surface area contributed by atoms with Gasteiger partial charge in [0.25, 0.3) is 0 Å². The molecule has 2 atom stereocenters. The molecule has 1 rings (SSSR count). The van der Waals surface area contributed by atoms with Crippen LogP contribution >= 0.6 is 11.8 Å². The highest BCUT2D eigenvalue weighted by atomic mass is 32.2. The van der Waals surface area contributed by atoms with Gasteiger partial charge in [0.2, 0.25) is 5.91 Å². The lowest BCUT2D eigenvalue weighted by atomic mass is 10.1. The summed E-state index contributed by atoms with van der Waals surface area (Å²) in [5, 5.41) is 0. The van der Waals surface area contributed by atoms with Crippen LogP contribution in [0.2, 0.25) is 0 Å². The molecule has 1 saturated heterocycles. The van der Waals surface area contributed by atoms with Crippen molar-refractivity contribution in [3.63, 3.8) is 0 Å². The maximum atomic E-state index is 11.6. The quantitative estimate of drug-likeness (QED) is 0.744. The van der Waals surface area contributed by atoms with Crippen molar-refractivity contribution in [2.24, 2.45) is 11.7 Å². The van der Waals surface area contributed by atoms with Gasteiger partial charge in [-0.1, -0.05) is 6.92 Å². The monoisotopic (exact) mass is 216 g/mol. The minimum atomic E-state index is 0.282. The Hall–Kier alpha value is -0.220. The fourth-order valence-corrected chi connectivity index (χ4v) is 2.53. The summed E-state index contributed by atoms with van der Waals surface area (Å²) in [7, 11) is 0. The molecule has 0 saturated carbocycles. The van der Waals surface area contributed by atoms with Gasteiger partial charge in [-0.2, -0.15) is 11.8 Å². The third-order valence-electron chi connectivity index (χ3n) is 2.67. The molecule has 1 aliphatic rings. The summed E-state index contributed by atoms with van der Waals surface area (Å²) >= 11 is 1.89. The highest BCUT2D eigenvalue weighted by Gasteiger charge is 2.31. The average Bonchev–Trinajstić information content (AvgIpc) is 2.56. The first-order chi connectivity index (χ1) is 6.69. The van der Waals surface area contributed by atoms with E-state index >= 15 is 0 Å². The van der Waals surface area contributed by atoms with E-state index in [0.29, 0.717) is 24.9 Å². The molecule has 0 aliphatic carbocycles. The Labute approximate surface area is 90.4 Å². The second kappa shape index (κ2) is 5.61. The molecule has 1 aliphatic heterocycles. The van der Waals surface area contributed by atoms with Crippen LogP contribution in [0.4, 0.5) is 0 Å². The molecule has 2 unspecified atom stereocenters. The van der Waals surface area contributed by atoms with E-state index in [1.807, 2.05) is 16.7 Å². The van der Waals surface area contributed by atoms with E-state index in [9.17, 15) is 4.79 Å². The summed E-state index contributed by atoms with van der Waals surface area (Å²) in [5.41, 5.74) is 5.57. The lowest BCUT2D eigenvalue weighted by Crippen LogP contribution is -2.36. The number of rotatable bonds is 5. The zero-order valence-electron chi connectivity index (χ0n) is 9.03. The van der Waals surface area contributed by atoms with Gasteiger partial charge in [0.15, 0.2) is 0 Å². The molecule has 0 spiro atoms. The SMILES string of the molecule is CCSCC(C)N1CC(CN)CC1=O. The summed E-state index contributed by atoms with van der Waals surface area (Å²) < 4.78 is 0. The summed E-state index contributed by atoms with van der Waals surface area (Å²) in [6.45, 7) is 5.77. The molecule has 2 N–H and O–H groups in total. The van der Waals surface area contributed by atoms with Gasteiger partial charge in [-0.25, -0.2) is 0 Å². The Balaban J connectivity index is 2.40. The van der Waals surface area contributed by atoms with Crippen molar-refractivity contribution in [2.45, 2.75) is 26.3 Å². The second-order valence-corrected chi connectivity index (χ2v) is 5.18. The minimum Gasteiger partial charge on any atom is -0.339 e. The van der Waals surface area contributed by atoms with Gasteiger partial charge < -0.3 is 10.6 Å². The maximum Gasteiger partial charge on any atom is 0.223 e. The summed E-state index contributed by atoms with van der Waals surface area (Å²) in [5.74, 6) is 2.83. The normalized spacial score (nSPS) is 24.4. The number of thioether (sulfide) groups is 1. The Bertz CT molecular complexity index is 199. The number of nitrogens with zero attached hydrogens (tertiary/aromatic N) is 1. The molecule has 14 heavy (non-hydrogen) atoms. The Kier molecular flexibility index (Phi) is 4.75. The highest BCUT2D eigenvalue weighted by molar-refractivity contribution is 7.99. The molecule has 0 aromatic heterocycles. The number of likely N-dealkylation sites (tertiary alicyclic amines) is 1. The molecule has 0 aromatic carbocycles. The van der Waals surface area contributed by atoms with E-state index in [1.54, 1.807) is 0 Å². The fourth-order valence-electron chi connectivity index (χ4n) is 1.77. The van der Waals surface area contributed by atoms with Crippen LogP contribution in [-0.4, -0.2) is 41.4 Å². The van der Waals surface area contributed by atoms with Crippen LogP contribution in [0.3, 0.4) is 0 Å². The van der Waals surface area contributed by atoms with E-state index < -0.39 is 0 Å². The number of carbonyl (C=O) groups excluding carboxylic acids is 1. The van der Waals surface area contributed by atoms with Crippen LogP contribution in [0.1, 0.15) is 20.3 Å². The lowest BCUT2D eigenvalue weighted by Gasteiger charge is -2.24. The van der Waals surface area contributed by atoms with E-state index in [1.165, 1.54) is 0 Å². The molecule has 1 amide bonds. The maximum absolute atomic E-state index is 11.6. The first-order valence-corrected chi connectivity index (χ1v) is 6.41. The minimum absolute atomic E-state index is 0.282. The Morgan fingerprint density at radius 2 is 2.43 bits per heavy atom. The first-order valence-electron chi connectivity index (χ1n) is 5.26. The Morgan fingerprint density at radius 3 is 2.93 bits per heavy atom. The van der Waals surface area contributed by atoms with Crippen molar-refractivity contribution in [1.82, 2.24) is 4.90 Å². The van der Waals surface area contributed by atoms with Crippen LogP contribution in [0.25, 0.3) is 0 Å². The van der Waals surface area contributed by atoms with Crippen LogP contribution < -0.4 is 5.73 Å². The third-order valence-corrected chi connectivity index (χ3v) is 3.79. The molecule has 0 aromatic rings. The van der Waals surface area contributed by atoms with Gasteiger partial charge in [0.05, 0.1) is 0 Å². The van der Waals surface area contributed by atoms with Gasteiger partial charge >= 0.3 is 0 Å². The number of hydrogen-bond donors (Lipinski definition) is 1. The van der Waals surface area contributed by atoms with Crippen LogP contribution in [0.15, 0.2) is 0 Å². The zero-order valence-corrected chi connectivity index (χ0v) is 9.85. The molecule has 4 heteroatoms. The fraction of sp³-hybridized carbons (Fsp3) is 0.900. The lowest BCUT2D eigenvalue weighted by molar-refractivity contribution is -0.129. The summed E-state index contributed by atoms with van der Waals surface area (Å²) in [6.07, 6.45) is 0.650. The molecule has 1 fully saturated rings. The van der Waals surface area contributed by atoms with Gasteiger partial charge in [-0.05, 0) is 25.1 Å². The molecular formula is C10H20N2OS. The third kappa shape index (κ3) is 2.89. The predicted molar refractivity (Wildman–Crippen MR) is 61.3 cm³/mol. The van der Waals surface area contributed by atoms with Gasteiger partial charge in [-0.3, -0.25) is 4.79 Å². The van der Waals surface area contributed by atoms with Gasteiger partial charge in [0.1, 0.15) is 0 Å². The molecular weight excluding hydrogens is 196 g/mol. The van der Waals surface area contributed by atoms with E-state index in [4.69, 9.17) is 5.73 Å². The number of amides is 1. The van der Waals surface area contributed by atoms with Gasteiger partial charge in [-0.15, -0.1) is 0 Å². The molecule has 1 heterocycles. The standard InChI is InChI=1S/C10H20N2OS/c1-3-14-7-8(2)12-6-9(5-11)4-10(12)13/h8-9H,3-7,11H2,1-2H3. The van der Waals surface area contributed by atoms with Crippen molar-refractivity contribution in [2.75, 3.05) is 24.6 Å². The molecule has 0 radical (unpaired) electrons.